The number of rotatable bonds is 0. The van der Waals surface area contributed by atoms with E-state index in [1.807, 2.05) is 31.2 Å². The highest BCUT2D eigenvalue weighted by Gasteiger charge is 1.92. The van der Waals surface area contributed by atoms with E-state index in [0.29, 0.717) is 0 Å². The Hall–Kier alpha value is -1.80. The molecule has 1 aromatic heterocycles. The largest absolute Gasteiger partial charge is 0.473 e. The number of benzene rings is 1. The van der Waals surface area contributed by atoms with Gasteiger partial charge >= 0.3 is 10.6 Å². The third-order valence-electron chi connectivity index (χ3n) is 1.57. The van der Waals surface area contributed by atoms with E-state index >= 15 is 0 Å². The second-order valence-corrected chi connectivity index (χ2v) is 3.83. The molecule has 0 unspecified atom stereocenters. The van der Waals surface area contributed by atoms with Crippen molar-refractivity contribution in [1.82, 2.24) is 9.97 Å². The number of aromatic nitrogens is 2. The third-order valence-corrected chi connectivity index (χ3v) is 1.57. The van der Waals surface area contributed by atoms with Crippen LogP contribution in [0.2, 0.25) is 0 Å². The zero-order chi connectivity index (χ0) is 14.8. The van der Waals surface area contributed by atoms with Crippen LogP contribution in [0.4, 0.5) is 9.59 Å². The number of nitrogens with zero attached hydrogens (tertiary/aromatic N) is 2. The van der Waals surface area contributed by atoms with E-state index in [4.69, 9.17) is 19.8 Å². The van der Waals surface area contributed by atoms with Crippen molar-refractivity contribution in [2.24, 2.45) is 0 Å². The molecule has 2 rings (SSSR count). The lowest BCUT2D eigenvalue weighted by atomic mass is 10.3. The SMILES string of the molecule is Cc1cnc2ccccc2n1.O=C(O)S.O=C(O)S. The molecule has 0 spiro atoms. The molecule has 0 saturated carbocycles. The summed E-state index contributed by atoms with van der Waals surface area (Å²) < 4.78 is 0. The first kappa shape index (κ1) is 17.2. The molecule has 0 radical (unpaired) electrons. The lowest BCUT2D eigenvalue weighted by molar-refractivity contribution is 0.221. The predicted molar refractivity (Wildman–Crippen MR) is 78.3 cm³/mol. The normalized spacial score (nSPS) is 8.58. The summed E-state index contributed by atoms with van der Waals surface area (Å²) in [5.74, 6) is 0. The van der Waals surface area contributed by atoms with Gasteiger partial charge in [0.2, 0.25) is 0 Å². The Bertz CT molecular complexity index is 543. The van der Waals surface area contributed by atoms with Crippen LogP contribution in [0.5, 0.6) is 0 Å². The van der Waals surface area contributed by atoms with Crippen LogP contribution >= 0.6 is 25.3 Å². The molecule has 0 fully saturated rings. The Morgan fingerprint density at radius 2 is 1.47 bits per heavy atom. The van der Waals surface area contributed by atoms with Gasteiger partial charge in [0.25, 0.3) is 0 Å². The number of thiol groups is 2. The van der Waals surface area contributed by atoms with Crippen molar-refractivity contribution in [2.75, 3.05) is 0 Å². The van der Waals surface area contributed by atoms with Gasteiger partial charge in [-0.25, -0.2) is 14.6 Å². The van der Waals surface area contributed by atoms with Crippen molar-refractivity contribution in [2.45, 2.75) is 6.92 Å². The lowest BCUT2D eigenvalue weighted by Crippen LogP contribution is -1.85. The fourth-order valence-electron chi connectivity index (χ4n) is 1.05. The number of hydrogen-bond donors (Lipinski definition) is 4. The summed E-state index contributed by atoms with van der Waals surface area (Å²) >= 11 is 5.77. The van der Waals surface area contributed by atoms with Crippen LogP contribution in [-0.4, -0.2) is 30.8 Å². The van der Waals surface area contributed by atoms with Crippen LogP contribution in [0.1, 0.15) is 5.69 Å². The Morgan fingerprint density at radius 3 is 1.95 bits per heavy atom. The molecule has 0 atom stereocenters. The molecule has 0 aliphatic heterocycles. The third kappa shape index (κ3) is 9.86. The highest BCUT2D eigenvalue weighted by Crippen LogP contribution is 2.06. The minimum absolute atomic E-state index is 0.957. The number of fused-ring (bicyclic) bond motifs is 1. The number of carboxylic acid groups (broad SMARTS) is 2. The van der Waals surface area contributed by atoms with E-state index in [1.54, 1.807) is 6.20 Å². The van der Waals surface area contributed by atoms with Crippen molar-refractivity contribution < 1.29 is 19.8 Å². The molecular weight excluding hydrogens is 288 g/mol. The second-order valence-electron chi connectivity index (χ2n) is 3.07. The molecule has 19 heavy (non-hydrogen) atoms. The van der Waals surface area contributed by atoms with Gasteiger partial charge in [-0.1, -0.05) is 37.4 Å². The summed E-state index contributed by atoms with van der Waals surface area (Å²) in [6.45, 7) is 1.94. The van der Waals surface area contributed by atoms with E-state index in [0.717, 1.165) is 16.7 Å². The van der Waals surface area contributed by atoms with Crippen LogP contribution in [0.15, 0.2) is 30.5 Å². The van der Waals surface area contributed by atoms with Gasteiger partial charge in [0.1, 0.15) is 0 Å². The molecule has 1 heterocycles. The first-order chi connectivity index (χ1) is 8.82. The molecule has 0 aliphatic carbocycles. The molecule has 102 valence electrons. The van der Waals surface area contributed by atoms with Gasteiger partial charge in [0, 0.05) is 6.20 Å². The van der Waals surface area contributed by atoms with E-state index < -0.39 is 10.6 Å². The van der Waals surface area contributed by atoms with Crippen LogP contribution in [0.25, 0.3) is 11.0 Å². The molecule has 2 aromatic rings. The summed E-state index contributed by atoms with van der Waals surface area (Å²) in [5.41, 5.74) is 2.88. The molecule has 6 nitrogen and oxygen atoms in total. The first-order valence-corrected chi connectivity index (χ1v) is 5.74. The van der Waals surface area contributed by atoms with Crippen molar-refractivity contribution in [1.29, 1.82) is 0 Å². The van der Waals surface area contributed by atoms with Gasteiger partial charge in [-0.2, -0.15) is 0 Å². The molecule has 0 bridgehead atoms. The Morgan fingerprint density at radius 1 is 1.05 bits per heavy atom. The smallest absolute Gasteiger partial charge is 0.361 e. The van der Waals surface area contributed by atoms with Gasteiger partial charge in [0.05, 0.1) is 16.7 Å². The summed E-state index contributed by atoms with van der Waals surface area (Å²) in [5, 5.41) is 12.3. The topological polar surface area (TPSA) is 100 Å². The van der Waals surface area contributed by atoms with Gasteiger partial charge in [-0.05, 0) is 19.1 Å². The summed E-state index contributed by atoms with van der Waals surface area (Å²) in [7, 11) is 0. The Kier molecular flexibility index (Phi) is 8.30. The van der Waals surface area contributed by atoms with Gasteiger partial charge in [0.15, 0.2) is 0 Å². The zero-order valence-electron chi connectivity index (χ0n) is 9.89. The number of para-hydroxylation sites is 2. The van der Waals surface area contributed by atoms with Crippen molar-refractivity contribution in [3.8, 4) is 0 Å². The Balaban J connectivity index is 0.000000342. The fraction of sp³-hybridized carbons (Fsp3) is 0.0909. The van der Waals surface area contributed by atoms with Gasteiger partial charge in [-0.3, -0.25) is 4.98 Å². The maximum absolute atomic E-state index is 8.86. The molecule has 0 aliphatic rings. The highest BCUT2D eigenvalue weighted by atomic mass is 32.1. The molecule has 2 N–H and O–H groups in total. The van der Waals surface area contributed by atoms with E-state index in [9.17, 15) is 0 Å². The maximum atomic E-state index is 8.86. The predicted octanol–water partition coefficient (Wildman–Crippen LogP) is 3.13. The van der Waals surface area contributed by atoms with Gasteiger partial charge < -0.3 is 10.2 Å². The lowest BCUT2D eigenvalue weighted by Gasteiger charge is -1.95. The van der Waals surface area contributed by atoms with Crippen molar-refractivity contribution >= 4 is 46.9 Å². The molecular formula is C11H12N2O4S2. The highest BCUT2D eigenvalue weighted by molar-refractivity contribution is 7.96. The quantitative estimate of drug-likeness (QED) is 0.558. The molecule has 0 saturated heterocycles. The van der Waals surface area contributed by atoms with E-state index in [1.165, 1.54) is 0 Å². The van der Waals surface area contributed by atoms with Crippen molar-refractivity contribution in [3.63, 3.8) is 0 Å². The minimum atomic E-state index is -1.14. The Labute approximate surface area is 120 Å². The molecule has 1 aromatic carbocycles. The standard InChI is InChI=1S/C9H8N2.2CH2O2S/c1-7-6-10-8-4-2-3-5-9(8)11-7;2*2-1(3)4/h2-6H,1H3;2*4H,(H,2,3). The number of carbonyl (C=O) groups is 2. The summed E-state index contributed by atoms with van der Waals surface area (Å²) in [6.07, 6.45) is 1.78. The van der Waals surface area contributed by atoms with Gasteiger partial charge in [-0.15, -0.1) is 0 Å². The second kappa shape index (κ2) is 9.17. The first-order valence-electron chi connectivity index (χ1n) is 4.85. The monoisotopic (exact) mass is 300 g/mol. The number of hydrogen-bond acceptors (Lipinski definition) is 4. The van der Waals surface area contributed by atoms with Crippen LogP contribution in [0.3, 0.4) is 0 Å². The fourth-order valence-corrected chi connectivity index (χ4v) is 1.05. The van der Waals surface area contributed by atoms with Crippen LogP contribution < -0.4 is 0 Å². The molecule has 8 heteroatoms. The molecule has 0 amide bonds. The average molecular weight is 300 g/mol. The zero-order valence-corrected chi connectivity index (χ0v) is 11.7. The minimum Gasteiger partial charge on any atom is -0.473 e. The summed E-state index contributed by atoms with van der Waals surface area (Å²) in [4.78, 5) is 26.3. The van der Waals surface area contributed by atoms with E-state index in [-0.39, 0.29) is 0 Å². The average Bonchev–Trinajstić information content (AvgIpc) is 2.27. The number of aryl methyl sites for hydroxylation is 1. The van der Waals surface area contributed by atoms with E-state index in [2.05, 4.69) is 35.2 Å². The van der Waals surface area contributed by atoms with Crippen molar-refractivity contribution in [3.05, 3.63) is 36.2 Å². The van der Waals surface area contributed by atoms with Crippen LogP contribution in [-0.2, 0) is 0 Å². The maximum Gasteiger partial charge on any atom is 0.361 e. The summed E-state index contributed by atoms with van der Waals surface area (Å²) in [6, 6.07) is 7.86. The van der Waals surface area contributed by atoms with Crippen LogP contribution in [0, 0.1) is 6.92 Å².